The Bertz CT molecular complexity index is 517. The van der Waals surface area contributed by atoms with Gasteiger partial charge in [0.25, 0.3) is 0 Å². The fourth-order valence-electron chi connectivity index (χ4n) is 1.41. The van der Waals surface area contributed by atoms with Crippen molar-refractivity contribution < 1.29 is 17.9 Å². The van der Waals surface area contributed by atoms with E-state index in [4.69, 9.17) is 0 Å². The molecule has 0 aliphatic rings. The molecule has 0 aromatic heterocycles. The van der Waals surface area contributed by atoms with Crippen LogP contribution in [-0.4, -0.2) is 33.7 Å². The molecule has 5 heteroatoms. The van der Waals surface area contributed by atoms with E-state index < -0.39 is 21.4 Å². The number of aryl methyl sites for hydroxylation is 2. The molecule has 0 atom stereocenters. The first kappa shape index (κ1) is 13.9. The van der Waals surface area contributed by atoms with Gasteiger partial charge in [-0.1, -0.05) is 6.07 Å². The standard InChI is InChI=1S/C12H16O4S/c1-9-4-5-12(6-10(9)2)17(14,15)8-11(13)7-16-3/h4-6H,7-8H2,1-3H3. The second-order valence-electron chi connectivity index (χ2n) is 3.98. The molecule has 1 aromatic carbocycles. The highest BCUT2D eigenvalue weighted by molar-refractivity contribution is 7.92. The maximum Gasteiger partial charge on any atom is 0.185 e. The van der Waals surface area contributed by atoms with Gasteiger partial charge in [0, 0.05) is 7.11 Å². The number of sulfone groups is 1. The average molecular weight is 256 g/mol. The summed E-state index contributed by atoms with van der Waals surface area (Å²) in [6, 6.07) is 4.85. The fourth-order valence-corrected chi connectivity index (χ4v) is 2.71. The van der Waals surface area contributed by atoms with Crippen molar-refractivity contribution in [2.24, 2.45) is 0 Å². The number of methoxy groups -OCH3 is 1. The van der Waals surface area contributed by atoms with Gasteiger partial charge in [0.2, 0.25) is 0 Å². The number of ketones is 1. The van der Waals surface area contributed by atoms with Gasteiger partial charge in [0.1, 0.15) is 12.4 Å². The van der Waals surface area contributed by atoms with Crippen molar-refractivity contribution in [2.45, 2.75) is 18.7 Å². The molecule has 1 rings (SSSR count). The Balaban J connectivity index is 2.97. The van der Waals surface area contributed by atoms with Crippen LogP contribution < -0.4 is 0 Å². The fraction of sp³-hybridized carbons (Fsp3) is 0.417. The quantitative estimate of drug-likeness (QED) is 0.796. The zero-order chi connectivity index (χ0) is 13.1. The van der Waals surface area contributed by atoms with Gasteiger partial charge >= 0.3 is 0 Å². The summed E-state index contributed by atoms with van der Waals surface area (Å²) in [6.07, 6.45) is 0. The minimum Gasteiger partial charge on any atom is -0.377 e. The molecule has 4 nitrogen and oxygen atoms in total. The van der Waals surface area contributed by atoms with E-state index in [2.05, 4.69) is 4.74 Å². The largest absolute Gasteiger partial charge is 0.377 e. The average Bonchev–Trinajstić information content (AvgIpc) is 2.21. The predicted molar refractivity (Wildman–Crippen MR) is 64.9 cm³/mol. The summed E-state index contributed by atoms with van der Waals surface area (Å²) in [5.41, 5.74) is 1.91. The molecule has 0 N–H and O–H groups in total. The van der Waals surface area contributed by atoms with Crippen LogP contribution in [-0.2, 0) is 19.4 Å². The first-order valence-corrected chi connectivity index (χ1v) is 6.82. The van der Waals surface area contributed by atoms with Crippen LogP contribution in [0.3, 0.4) is 0 Å². The van der Waals surface area contributed by atoms with Gasteiger partial charge in [0.15, 0.2) is 15.6 Å². The third-order valence-corrected chi connectivity index (χ3v) is 4.17. The molecule has 0 saturated heterocycles. The van der Waals surface area contributed by atoms with Gasteiger partial charge < -0.3 is 4.74 Å². The number of Topliss-reactive ketones (excluding diaryl/α,β-unsaturated/α-hetero) is 1. The van der Waals surface area contributed by atoms with Crippen LogP contribution in [0.15, 0.2) is 23.1 Å². The maximum atomic E-state index is 11.9. The van der Waals surface area contributed by atoms with Crippen molar-refractivity contribution in [3.8, 4) is 0 Å². The molecule has 0 unspecified atom stereocenters. The van der Waals surface area contributed by atoms with Crippen LogP contribution in [0, 0.1) is 13.8 Å². The van der Waals surface area contributed by atoms with Gasteiger partial charge in [-0.15, -0.1) is 0 Å². The van der Waals surface area contributed by atoms with E-state index in [0.29, 0.717) is 0 Å². The molecule has 0 bridgehead atoms. The van der Waals surface area contributed by atoms with Crippen molar-refractivity contribution in [1.29, 1.82) is 0 Å². The molecule has 1 aromatic rings. The van der Waals surface area contributed by atoms with Crippen molar-refractivity contribution in [2.75, 3.05) is 19.5 Å². The number of benzene rings is 1. The molecule has 94 valence electrons. The topological polar surface area (TPSA) is 60.4 Å². The maximum absolute atomic E-state index is 11.9. The van der Waals surface area contributed by atoms with Gasteiger partial charge in [-0.2, -0.15) is 0 Å². The zero-order valence-corrected chi connectivity index (χ0v) is 11.0. The van der Waals surface area contributed by atoms with Gasteiger partial charge in [-0.05, 0) is 37.1 Å². The number of hydrogen-bond acceptors (Lipinski definition) is 4. The van der Waals surface area contributed by atoms with Gasteiger partial charge in [0.05, 0.1) is 4.90 Å². The van der Waals surface area contributed by atoms with Crippen LogP contribution in [0.2, 0.25) is 0 Å². The van der Waals surface area contributed by atoms with E-state index in [0.717, 1.165) is 11.1 Å². The Morgan fingerprint density at radius 3 is 2.41 bits per heavy atom. The molecular formula is C12H16O4S. The molecule has 0 heterocycles. The lowest BCUT2D eigenvalue weighted by molar-refractivity contribution is -0.120. The van der Waals surface area contributed by atoms with Crippen molar-refractivity contribution in [1.82, 2.24) is 0 Å². The third kappa shape index (κ3) is 3.64. The monoisotopic (exact) mass is 256 g/mol. The minimum atomic E-state index is -3.55. The number of rotatable bonds is 5. The Hall–Kier alpha value is -1.20. The van der Waals surface area contributed by atoms with Crippen LogP contribution in [0.5, 0.6) is 0 Å². The molecule has 0 aliphatic carbocycles. The first-order chi connectivity index (χ1) is 7.86. The van der Waals surface area contributed by atoms with Crippen LogP contribution in [0.4, 0.5) is 0 Å². The summed E-state index contributed by atoms with van der Waals surface area (Å²) in [6.45, 7) is 3.57. The second kappa shape index (κ2) is 5.42. The zero-order valence-electron chi connectivity index (χ0n) is 10.2. The number of ether oxygens (including phenoxy) is 1. The summed E-state index contributed by atoms with van der Waals surface area (Å²) in [4.78, 5) is 11.5. The Labute approximate surface area is 102 Å². The van der Waals surface area contributed by atoms with E-state index in [9.17, 15) is 13.2 Å². The lowest BCUT2D eigenvalue weighted by atomic mass is 10.1. The second-order valence-corrected chi connectivity index (χ2v) is 5.97. The highest BCUT2D eigenvalue weighted by Crippen LogP contribution is 2.16. The molecule has 0 radical (unpaired) electrons. The summed E-state index contributed by atoms with van der Waals surface area (Å²) >= 11 is 0. The minimum absolute atomic E-state index is 0.177. The first-order valence-electron chi connectivity index (χ1n) is 5.17. The van der Waals surface area contributed by atoms with Gasteiger partial charge in [-0.25, -0.2) is 8.42 Å². The molecule has 0 fully saturated rings. The summed E-state index contributed by atoms with van der Waals surface area (Å²) in [7, 11) is -2.19. The lowest BCUT2D eigenvalue weighted by Gasteiger charge is -2.06. The van der Waals surface area contributed by atoms with E-state index in [1.165, 1.54) is 13.2 Å². The number of carbonyl (C=O) groups excluding carboxylic acids is 1. The molecule has 0 saturated carbocycles. The highest BCUT2D eigenvalue weighted by atomic mass is 32.2. The van der Waals surface area contributed by atoms with E-state index in [1.807, 2.05) is 13.8 Å². The Morgan fingerprint density at radius 2 is 1.88 bits per heavy atom. The highest BCUT2D eigenvalue weighted by Gasteiger charge is 2.19. The van der Waals surface area contributed by atoms with Gasteiger partial charge in [-0.3, -0.25) is 4.79 Å². The normalized spacial score (nSPS) is 11.5. The Morgan fingerprint density at radius 1 is 1.24 bits per heavy atom. The smallest absolute Gasteiger partial charge is 0.185 e. The lowest BCUT2D eigenvalue weighted by Crippen LogP contribution is -2.20. The summed E-state index contributed by atoms with van der Waals surface area (Å²) in [5, 5.41) is 0. The van der Waals surface area contributed by atoms with Crippen LogP contribution >= 0.6 is 0 Å². The molecule has 0 spiro atoms. The van der Waals surface area contributed by atoms with E-state index in [-0.39, 0.29) is 11.5 Å². The summed E-state index contributed by atoms with van der Waals surface area (Å²) < 4.78 is 28.4. The SMILES string of the molecule is COCC(=O)CS(=O)(=O)c1ccc(C)c(C)c1. The third-order valence-electron chi connectivity index (χ3n) is 2.49. The molecular weight excluding hydrogens is 240 g/mol. The number of hydrogen-bond donors (Lipinski definition) is 0. The Kier molecular flexibility index (Phi) is 4.42. The van der Waals surface area contributed by atoms with Crippen molar-refractivity contribution in [3.63, 3.8) is 0 Å². The number of carbonyl (C=O) groups is 1. The molecule has 0 aliphatic heterocycles. The van der Waals surface area contributed by atoms with E-state index >= 15 is 0 Å². The molecule has 17 heavy (non-hydrogen) atoms. The molecule has 0 amide bonds. The van der Waals surface area contributed by atoms with Crippen molar-refractivity contribution in [3.05, 3.63) is 29.3 Å². The van der Waals surface area contributed by atoms with E-state index in [1.54, 1.807) is 12.1 Å². The van der Waals surface area contributed by atoms with Crippen LogP contribution in [0.1, 0.15) is 11.1 Å². The predicted octanol–water partition coefficient (Wildman–Crippen LogP) is 1.29. The van der Waals surface area contributed by atoms with Crippen LogP contribution in [0.25, 0.3) is 0 Å². The van der Waals surface area contributed by atoms with Crippen molar-refractivity contribution >= 4 is 15.6 Å². The summed E-state index contributed by atoms with van der Waals surface area (Å²) in [5.74, 6) is -0.950.